The average Bonchev–Trinajstić information content (AvgIpc) is 2.83. The molecule has 92 valence electrons. The van der Waals surface area contributed by atoms with Gasteiger partial charge in [-0.2, -0.15) is 0 Å². The van der Waals surface area contributed by atoms with Crippen LogP contribution in [0.1, 0.15) is 40.2 Å². The standard InChI is InChI=1S/C15H13BrO2/c16-15-13(8-9-18-15)14(17)12-7-3-5-10-4-1-2-6-11(10)12/h1-2,4,6,8-9,12H,3,5,7H2. The number of ketones is 1. The van der Waals surface area contributed by atoms with Crippen LogP contribution in [0.15, 0.2) is 45.7 Å². The van der Waals surface area contributed by atoms with Crippen molar-refractivity contribution in [2.45, 2.75) is 25.2 Å². The maximum atomic E-state index is 12.6. The van der Waals surface area contributed by atoms with Gasteiger partial charge < -0.3 is 4.42 Å². The summed E-state index contributed by atoms with van der Waals surface area (Å²) in [4.78, 5) is 12.6. The lowest BCUT2D eigenvalue weighted by molar-refractivity contribution is 0.0949. The predicted molar refractivity (Wildman–Crippen MR) is 72.9 cm³/mol. The van der Waals surface area contributed by atoms with E-state index in [1.807, 2.05) is 12.1 Å². The second kappa shape index (κ2) is 4.73. The SMILES string of the molecule is O=C(c1ccoc1Br)C1CCCc2ccccc21. The van der Waals surface area contributed by atoms with Crippen LogP contribution in [0, 0.1) is 0 Å². The molecule has 1 aliphatic rings. The van der Waals surface area contributed by atoms with Gasteiger partial charge in [-0.1, -0.05) is 24.3 Å². The summed E-state index contributed by atoms with van der Waals surface area (Å²) in [6.45, 7) is 0. The van der Waals surface area contributed by atoms with Crippen molar-refractivity contribution in [3.05, 3.63) is 58.0 Å². The van der Waals surface area contributed by atoms with Gasteiger partial charge in [-0.05, 0) is 52.4 Å². The number of fused-ring (bicyclic) bond motifs is 1. The molecular formula is C15H13BrO2. The number of furan rings is 1. The third-order valence-electron chi connectivity index (χ3n) is 3.57. The molecule has 2 aromatic rings. The molecule has 0 saturated heterocycles. The molecule has 3 rings (SSSR count). The molecule has 1 heterocycles. The van der Waals surface area contributed by atoms with Gasteiger partial charge in [-0.15, -0.1) is 0 Å². The Balaban J connectivity index is 2.00. The first kappa shape index (κ1) is 11.7. The van der Waals surface area contributed by atoms with E-state index in [0.717, 1.165) is 19.3 Å². The van der Waals surface area contributed by atoms with Gasteiger partial charge in [0, 0.05) is 5.92 Å². The van der Waals surface area contributed by atoms with Crippen LogP contribution in [0.2, 0.25) is 0 Å². The molecule has 1 unspecified atom stereocenters. The fraction of sp³-hybridized carbons (Fsp3) is 0.267. The largest absolute Gasteiger partial charge is 0.457 e. The zero-order valence-electron chi connectivity index (χ0n) is 9.86. The van der Waals surface area contributed by atoms with E-state index in [-0.39, 0.29) is 11.7 Å². The molecule has 0 aliphatic heterocycles. The van der Waals surface area contributed by atoms with Crippen molar-refractivity contribution in [2.75, 3.05) is 0 Å². The highest BCUT2D eigenvalue weighted by Gasteiger charge is 2.28. The summed E-state index contributed by atoms with van der Waals surface area (Å²) in [5.41, 5.74) is 3.14. The van der Waals surface area contributed by atoms with E-state index in [0.29, 0.717) is 10.2 Å². The maximum Gasteiger partial charge on any atom is 0.179 e. The molecule has 2 nitrogen and oxygen atoms in total. The van der Waals surface area contributed by atoms with E-state index in [9.17, 15) is 4.79 Å². The molecule has 0 N–H and O–H groups in total. The number of benzene rings is 1. The Labute approximate surface area is 114 Å². The fourth-order valence-electron chi connectivity index (χ4n) is 2.68. The van der Waals surface area contributed by atoms with Crippen molar-refractivity contribution < 1.29 is 9.21 Å². The molecule has 0 bridgehead atoms. The Hall–Kier alpha value is -1.35. The highest BCUT2D eigenvalue weighted by atomic mass is 79.9. The number of Topliss-reactive ketones (excluding diaryl/α,β-unsaturated/α-hetero) is 1. The van der Waals surface area contributed by atoms with Crippen molar-refractivity contribution in [1.82, 2.24) is 0 Å². The number of carbonyl (C=O) groups excluding carboxylic acids is 1. The molecule has 18 heavy (non-hydrogen) atoms. The maximum absolute atomic E-state index is 12.6. The van der Waals surface area contributed by atoms with Crippen LogP contribution in [0.3, 0.4) is 0 Å². The van der Waals surface area contributed by atoms with Crippen LogP contribution >= 0.6 is 15.9 Å². The fourth-order valence-corrected chi connectivity index (χ4v) is 3.12. The topological polar surface area (TPSA) is 30.2 Å². The van der Waals surface area contributed by atoms with Gasteiger partial charge in [0.15, 0.2) is 10.5 Å². The van der Waals surface area contributed by atoms with Crippen LogP contribution in [-0.2, 0) is 6.42 Å². The first-order valence-electron chi connectivity index (χ1n) is 6.12. The van der Waals surface area contributed by atoms with Gasteiger partial charge in [0.25, 0.3) is 0 Å². The van der Waals surface area contributed by atoms with Gasteiger partial charge in [-0.3, -0.25) is 4.79 Å². The Morgan fingerprint density at radius 3 is 2.89 bits per heavy atom. The van der Waals surface area contributed by atoms with E-state index >= 15 is 0 Å². The van der Waals surface area contributed by atoms with Crippen molar-refractivity contribution in [3.8, 4) is 0 Å². The van der Waals surface area contributed by atoms with E-state index in [1.54, 1.807) is 12.3 Å². The second-order valence-electron chi connectivity index (χ2n) is 4.62. The first-order valence-corrected chi connectivity index (χ1v) is 6.91. The lowest BCUT2D eigenvalue weighted by Crippen LogP contribution is -2.18. The third-order valence-corrected chi connectivity index (χ3v) is 4.18. The molecule has 0 spiro atoms. The van der Waals surface area contributed by atoms with Gasteiger partial charge in [0.1, 0.15) is 0 Å². The van der Waals surface area contributed by atoms with Crippen LogP contribution in [0.4, 0.5) is 0 Å². The first-order chi connectivity index (χ1) is 8.77. The van der Waals surface area contributed by atoms with Gasteiger partial charge in [0.05, 0.1) is 11.8 Å². The Kier molecular flexibility index (Phi) is 3.08. The van der Waals surface area contributed by atoms with E-state index in [1.165, 1.54) is 11.1 Å². The Bertz CT molecular complexity index is 586. The monoisotopic (exact) mass is 304 g/mol. The van der Waals surface area contributed by atoms with E-state index in [4.69, 9.17) is 4.42 Å². The molecule has 3 heteroatoms. The van der Waals surface area contributed by atoms with Crippen molar-refractivity contribution in [2.24, 2.45) is 0 Å². The van der Waals surface area contributed by atoms with E-state index in [2.05, 4.69) is 28.1 Å². The average molecular weight is 305 g/mol. The van der Waals surface area contributed by atoms with Crippen LogP contribution in [0.25, 0.3) is 0 Å². The molecule has 0 amide bonds. The summed E-state index contributed by atoms with van der Waals surface area (Å²) in [6, 6.07) is 9.99. The highest BCUT2D eigenvalue weighted by Crippen LogP contribution is 2.35. The Morgan fingerprint density at radius 2 is 2.11 bits per heavy atom. The number of carbonyl (C=O) groups is 1. The molecule has 1 atom stereocenters. The summed E-state index contributed by atoms with van der Waals surface area (Å²) < 4.78 is 5.70. The number of aryl methyl sites for hydroxylation is 1. The smallest absolute Gasteiger partial charge is 0.179 e. The minimum Gasteiger partial charge on any atom is -0.457 e. The summed E-state index contributed by atoms with van der Waals surface area (Å²) in [7, 11) is 0. The number of rotatable bonds is 2. The molecule has 1 aromatic heterocycles. The number of halogens is 1. The van der Waals surface area contributed by atoms with Crippen LogP contribution in [-0.4, -0.2) is 5.78 Å². The van der Waals surface area contributed by atoms with Crippen LogP contribution in [0.5, 0.6) is 0 Å². The number of hydrogen-bond donors (Lipinski definition) is 0. The molecule has 0 saturated carbocycles. The van der Waals surface area contributed by atoms with Gasteiger partial charge in [0.2, 0.25) is 0 Å². The zero-order valence-corrected chi connectivity index (χ0v) is 11.4. The minimum absolute atomic E-state index is 0.0242. The van der Waals surface area contributed by atoms with Crippen molar-refractivity contribution in [3.63, 3.8) is 0 Å². The molecule has 0 fully saturated rings. The molecule has 1 aliphatic carbocycles. The summed E-state index contributed by atoms with van der Waals surface area (Å²) in [6.07, 6.45) is 4.62. The molecule has 0 radical (unpaired) electrons. The highest BCUT2D eigenvalue weighted by molar-refractivity contribution is 9.10. The van der Waals surface area contributed by atoms with E-state index < -0.39 is 0 Å². The lowest BCUT2D eigenvalue weighted by atomic mass is 9.79. The van der Waals surface area contributed by atoms with Gasteiger partial charge in [-0.25, -0.2) is 0 Å². The summed E-state index contributed by atoms with van der Waals surface area (Å²) in [5.74, 6) is 0.131. The third kappa shape index (κ3) is 1.93. The normalized spacial score (nSPS) is 18.4. The Morgan fingerprint density at radius 1 is 1.28 bits per heavy atom. The van der Waals surface area contributed by atoms with Crippen molar-refractivity contribution in [1.29, 1.82) is 0 Å². The number of hydrogen-bond acceptors (Lipinski definition) is 2. The molecule has 1 aromatic carbocycles. The molecular weight excluding hydrogens is 292 g/mol. The zero-order chi connectivity index (χ0) is 12.5. The summed E-state index contributed by atoms with van der Waals surface area (Å²) >= 11 is 3.29. The van der Waals surface area contributed by atoms with Crippen LogP contribution < -0.4 is 0 Å². The van der Waals surface area contributed by atoms with Crippen molar-refractivity contribution >= 4 is 21.7 Å². The van der Waals surface area contributed by atoms with Gasteiger partial charge >= 0.3 is 0 Å². The lowest BCUT2D eigenvalue weighted by Gasteiger charge is -2.24. The predicted octanol–water partition coefficient (Wildman–Crippen LogP) is 4.34. The minimum atomic E-state index is -0.0242. The summed E-state index contributed by atoms with van der Waals surface area (Å²) in [5, 5.41) is 0. The second-order valence-corrected chi connectivity index (χ2v) is 5.34. The quantitative estimate of drug-likeness (QED) is 0.772.